The first-order valence-electron chi connectivity index (χ1n) is 46.5. The van der Waals surface area contributed by atoms with Crippen LogP contribution in [0.1, 0.15) is 139 Å². The van der Waals surface area contributed by atoms with Crippen LogP contribution in [0.4, 0.5) is 15.8 Å². The number of nitrogens with one attached hydrogen (secondary N) is 5. The number of hydrazone groups is 1. The molecule has 13 rings (SSSR count). The van der Waals surface area contributed by atoms with E-state index in [4.69, 9.17) is 71.0 Å². The number of carboxylic acids is 1. The number of anilines is 2. The number of phenolic OH excluding ortho intramolecular Hbond substituents is 3. The standard InChI is InChI=1S/C43H58N4O12.C22H43N5O13.C17H18FN3O3.C10H24N2O2/c1-21-12-11-13-22(2)42(55)45-33-28(20-44-47-17-15-46(9)16-18-47)37(52)30-31(38(33)53)36(51)26(6)40-32(30)41(54)43(8,59-40)57-19-14-29(56-10)23(3)39(58-27(7)48)25(5)35(50)24(4)34(21)49;23-2-1-8(29)20(36)27-7-3-6(25)18(39-22-16(34)15(33)13(31)9(4-24)37-22)17(35)19(7)40-21-14(32)11(26)12(30)10(5-28)38-21;18-13-7-11-14(8-15(13)20-5-3-19-4-6-20)21(10-1-2-10)9-12(16(11)22)17(23)24;1-3-9(7-13)11-5-6-12-10(4-2)8-14/h11-14,19-21,23-25,29,34-35,39,49-53H,15-18H2,1-10H3,(H,45,55);6-19,21-22,28-35H,1-5,23-26H2,(H,27,36);7-10,19H,1-6H2,(H,23,24);9-14H,3-8H2,1-2H3/b12-11+,19-14+,22-13-,44-20-;;;/t21-,23-,24-,25-,29+,34+,35+,39-,43+;6-,7+,8?,9+,10+,11-,12+,13+,14+,15-,16+,17-,18?,19-,21+,22+;;9-,10-/m10.0/s1. The van der Waals surface area contributed by atoms with Gasteiger partial charge in [-0.3, -0.25) is 29.0 Å². The maximum Gasteiger partial charge on any atom is 0.341 e. The van der Waals surface area contributed by atoms with Crippen LogP contribution >= 0.6 is 0 Å². The van der Waals surface area contributed by atoms with Crippen LogP contribution in [0.3, 0.4) is 0 Å². The maximum absolute atomic E-state index is 14.6. The highest BCUT2D eigenvalue weighted by atomic mass is 19.1. The molecule has 5 bridgehead atoms. The lowest BCUT2D eigenvalue weighted by Crippen LogP contribution is -2.69. The lowest BCUT2D eigenvalue weighted by atomic mass is 9.78. The van der Waals surface area contributed by atoms with Gasteiger partial charge in [0.15, 0.2) is 18.3 Å². The first-order chi connectivity index (χ1) is 64.9. The number of ether oxygens (including phenoxy) is 8. The molecule has 4 saturated heterocycles. The van der Waals surface area contributed by atoms with Gasteiger partial charge in [0.1, 0.15) is 102 Å². The fourth-order valence-electron chi connectivity index (χ4n) is 17.5. The lowest BCUT2D eigenvalue weighted by Gasteiger charge is -2.49. The van der Waals surface area contributed by atoms with Gasteiger partial charge in [-0.15, -0.1) is 0 Å². The fraction of sp³-hybridized carbons (Fsp3) is 0.663. The Morgan fingerprint density at radius 2 is 1.37 bits per heavy atom. The number of hydrogen-bond acceptors (Lipinski definition) is 40. The number of methoxy groups -OCH3 is 1. The highest BCUT2D eigenvalue weighted by molar-refractivity contribution is 6.24. The fourth-order valence-corrected chi connectivity index (χ4v) is 17.5. The van der Waals surface area contributed by atoms with Gasteiger partial charge in [0.25, 0.3) is 11.7 Å². The van der Waals surface area contributed by atoms with E-state index in [1.165, 1.54) is 71.7 Å². The van der Waals surface area contributed by atoms with E-state index in [9.17, 15) is 105 Å². The monoisotopic (exact) mass is 1940 g/mol. The van der Waals surface area contributed by atoms with Crippen LogP contribution in [0.15, 0.2) is 64.4 Å². The second kappa shape index (κ2) is 50.5. The average molecular weight is 1940 g/mol. The van der Waals surface area contributed by atoms with Crippen molar-refractivity contribution in [3.05, 3.63) is 92.8 Å². The number of piperazine rings is 2. The molecule has 2 amide bonds. The third-order valence-electron chi connectivity index (χ3n) is 26.5. The Bertz CT molecular complexity index is 4880. The number of likely N-dealkylation sites (N-methyl/N-ethyl adjacent to an activating group) is 1. The van der Waals surface area contributed by atoms with Gasteiger partial charge in [0.05, 0.1) is 96.1 Å². The van der Waals surface area contributed by atoms with Gasteiger partial charge >= 0.3 is 17.7 Å². The van der Waals surface area contributed by atoms with E-state index in [1.807, 2.05) is 30.4 Å². The summed E-state index contributed by atoms with van der Waals surface area (Å²) in [6.45, 7) is 23.3. The number of aromatic hydroxyl groups is 3. The van der Waals surface area contributed by atoms with Gasteiger partial charge in [-0.05, 0) is 84.2 Å². The molecule has 9 aliphatic rings. The van der Waals surface area contributed by atoms with Gasteiger partial charge in [0.2, 0.25) is 11.3 Å². The number of Topliss-reactive ketones (excluding diaryl/α,β-unsaturated/α-hetero) is 1. The number of benzene rings is 3. The minimum Gasteiger partial charge on any atom is -0.507 e. The highest BCUT2D eigenvalue weighted by Crippen LogP contribution is 2.55. The number of rotatable bonds is 26. The summed E-state index contributed by atoms with van der Waals surface area (Å²) in [7, 11) is 3.42. The Kier molecular flexibility index (Phi) is 41.2. The number of aromatic carboxylic acids is 1. The van der Waals surface area contributed by atoms with Crippen molar-refractivity contribution in [2.45, 2.75) is 254 Å². The van der Waals surface area contributed by atoms with Crippen LogP contribution in [0.2, 0.25) is 0 Å². The molecule has 4 aromatic rings. The Hall–Kier alpha value is -8.90. The van der Waals surface area contributed by atoms with Crippen LogP contribution in [0, 0.1) is 36.4 Å². The van der Waals surface area contributed by atoms with Crippen molar-refractivity contribution in [1.82, 2.24) is 35.7 Å². The smallest absolute Gasteiger partial charge is 0.341 e. The number of carbonyl (C=O) groups is 5. The number of carbonyl (C=O) groups excluding carboxylic acids is 4. The summed E-state index contributed by atoms with van der Waals surface area (Å²) >= 11 is 0. The minimum atomic E-state index is -2.04. The van der Waals surface area contributed by atoms with E-state index in [1.54, 1.807) is 50.9 Å². The van der Waals surface area contributed by atoms with Crippen LogP contribution in [0.5, 0.6) is 23.0 Å². The van der Waals surface area contributed by atoms with Crippen LogP contribution in [-0.4, -0.2) is 385 Å². The predicted molar refractivity (Wildman–Crippen MR) is 499 cm³/mol. The van der Waals surface area contributed by atoms with Crippen LogP contribution < -0.4 is 64.6 Å². The molecule has 137 heavy (non-hydrogen) atoms. The first kappa shape index (κ1) is 112. The Morgan fingerprint density at radius 1 is 0.752 bits per heavy atom. The van der Waals surface area contributed by atoms with Crippen LogP contribution in [0.25, 0.3) is 21.7 Å². The summed E-state index contributed by atoms with van der Waals surface area (Å²) in [6.07, 6.45) is -9.79. The molecule has 6 fully saturated rings. The molecular formula is C92H143FN14O30. The largest absolute Gasteiger partial charge is 0.507 e. The lowest BCUT2D eigenvalue weighted by molar-refractivity contribution is -0.332. The first-order valence-corrected chi connectivity index (χ1v) is 46.5. The number of ketones is 1. The molecule has 2 saturated carbocycles. The van der Waals surface area contributed by atoms with Crippen molar-refractivity contribution in [2.75, 3.05) is 123 Å². The number of allylic oxidation sites excluding steroid dienone is 2. The van der Waals surface area contributed by atoms with Crippen molar-refractivity contribution < 1.29 is 148 Å². The second-order valence-corrected chi connectivity index (χ2v) is 36.3. The Labute approximate surface area is 793 Å². The van der Waals surface area contributed by atoms with Crippen molar-refractivity contribution in [1.29, 1.82) is 0 Å². The molecule has 3 aromatic carbocycles. The van der Waals surface area contributed by atoms with E-state index >= 15 is 0 Å². The van der Waals surface area contributed by atoms with E-state index in [2.05, 4.69) is 36.6 Å². The summed E-state index contributed by atoms with van der Waals surface area (Å²) in [4.78, 5) is 80.9. The zero-order valence-corrected chi connectivity index (χ0v) is 79.4. The van der Waals surface area contributed by atoms with E-state index in [-0.39, 0.29) is 113 Å². The Morgan fingerprint density at radius 3 is 1.95 bits per heavy atom. The SMILES string of the molecule is CC[C@@H](CO)NCCN[C@@H](CC)CO.CO[C@H]1/C=C/O[C@@]2(C)Oc3c(C)c(O)c4c(O)c(c(/C=N\N5CCN(C)CC5)c(O)c4c3C2=O)NC(=O)/C(C)=C\C=C\[C@@H](C)[C@H](O)[C@@H](C)[C@H](O)[C@@H](C)[C@H](OC(C)=O)[C@@H]1C.NCCC(O)C(=O)N[C@@H]1C[C@H](N)C(O[C@H]2O[C@H](CN)[C@@H](O)[C@H](O)[C@H]2O)[C@H](O)[C@H]1O[C@H]1O[C@H](CO)[C@@H](O)[C@H](N)[C@H]1O.O=C(O)c1cn(C2CC2)c2cc(N3CCNCC3)c(F)cc2c1=O. The van der Waals surface area contributed by atoms with Crippen molar-refractivity contribution in [3.8, 4) is 23.0 Å². The number of fused-ring (bicyclic) bond motifs is 15. The number of aromatic nitrogens is 1. The third-order valence-corrected chi connectivity index (χ3v) is 26.5. The number of amides is 2. The third kappa shape index (κ3) is 26.7. The average Bonchev–Trinajstić information content (AvgIpc) is 1.58. The molecule has 768 valence electrons. The zero-order valence-electron chi connectivity index (χ0n) is 79.4. The number of aliphatic hydroxyl groups is 12. The van der Waals surface area contributed by atoms with Crippen molar-refractivity contribution in [2.24, 2.45) is 51.7 Å². The zero-order chi connectivity index (χ0) is 101. The van der Waals surface area contributed by atoms with Crippen molar-refractivity contribution in [3.63, 3.8) is 0 Å². The molecule has 8 heterocycles. The van der Waals surface area contributed by atoms with Gasteiger partial charge in [-0.1, -0.05) is 59.8 Å². The summed E-state index contributed by atoms with van der Waals surface area (Å²) in [6, 6.07) is 0.0237. The number of phenols is 3. The second-order valence-electron chi connectivity index (χ2n) is 36.3. The number of esters is 1. The van der Waals surface area contributed by atoms with E-state index in [0.29, 0.717) is 37.4 Å². The Balaban J connectivity index is 0.000000230. The molecule has 29 N–H and O–H groups in total. The molecule has 45 heteroatoms. The van der Waals surface area contributed by atoms with Crippen LogP contribution in [-0.2, 0) is 47.5 Å². The minimum absolute atomic E-state index is 0.0101. The molecule has 0 radical (unpaired) electrons. The summed E-state index contributed by atoms with van der Waals surface area (Å²) in [5.41, 5.74) is 22.9. The molecule has 0 spiro atoms. The predicted octanol–water partition coefficient (Wildman–Crippen LogP) is -2.80. The topological polar surface area (TPSA) is 691 Å². The van der Waals surface area contributed by atoms with Crippen molar-refractivity contribution >= 4 is 68.8 Å². The van der Waals surface area contributed by atoms with Gasteiger partial charge in [-0.2, -0.15) is 5.10 Å². The number of nitrogens with two attached hydrogens (primary N) is 4. The molecule has 2 unspecified atom stereocenters. The number of nitrogens with zero attached hydrogens (tertiary/aromatic N) is 5. The number of aliphatic hydroxyl groups excluding tert-OH is 12. The number of halogens is 1. The molecule has 7 aliphatic heterocycles. The van der Waals surface area contributed by atoms with Gasteiger partial charge < -0.3 is 183 Å². The number of hydrogen-bond donors (Lipinski definition) is 25. The number of carboxylic acid groups (broad SMARTS) is 1. The normalized spacial score (nSPS) is 32.3. The number of pyridine rings is 1. The summed E-state index contributed by atoms with van der Waals surface area (Å²) < 4.78 is 62.5. The molecule has 44 nitrogen and oxygen atoms in total. The van der Waals surface area contributed by atoms with Gasteiger partial charge in [-0.25, -0.2) is 9.18 Å². The van der Waals surface area contributed by atoms with Gasteiger partial charge in [0, 0.05) is 169 Å². The highest BCUT2D eigenvalue weighted by Gasteiger charge is 2.55. The summed E-state index contributed by atoms with van der Waals surface area (Å²) in [5.74, 6) is -10.9. The van der Waals surface area contributed by atoms with E-state index < -0.39 is 216 Å². The van der Waals surface area contributed by atoms with E-state index in [0.717, 1.165) is 65.0 Å². The molecular weight excluding hydrogens is 1800 g/mol. The molecule has 1 aromatic heterocycles. The molecule has 2 aliphatic carbocycles. The molecule has 27 atom stereocenters. The quantitative estimate of drug-likeness (QED) is 0.00993. The maximum atomic E-state index is 14.6. The summed E-state index contributed by atoms with van der Waals surface area (Å²) in [5, 5.41) is 189.